The third-order valence-electron chi connectivity index (χ3n) is 6.50. The molecule has 3 aromatic heterocycles. The van der Waals surface area contributed by atoms with Crippen LogP contribution in [0.25, 0.3) is 11.3 Å². The van der Waals surface area contributed by atoms with Crippen molar-refractivity contribution in [3.63, 3.8) is 0 Å². The number of nitriles is 1. The van der Waals surface area contributed by atoms with E-state index in [1.165, 1.54) is 12.4 Å². The Hall–Kier alpha value is -4.34. The van der Waals surface area contributed by atoms with Gasteiger partial charge in [-0.25, -0.2) is 9.78 Å². The van der Waals surface area contributed by atoms with E-state index in [1.807, 2.05) is 10.7 Å². The Kier molecular flexibility index (Phi) is 5.46. The molecule has 2 aliphatic rings. The van der Waals surface area contributed by atoms with E-state index < -0.39 is 12.1 Å². The van der Waals surface area contributed by atoms with Crippen LogP contribution in [0.15, 0.2) is 36.7 Å². The molecule has 3 N–H and O–H groups in total. The van der Waals surface area contributed by atoms with Crippen LogP contribution in [-0.2, 0) is 12.0 Å². The van der Waals surface area contributed by atoms with Gasteiger partial charge in [-0.05, 0) is 37.6 Å². The lowest BCUT2D eigenvalue weighted by molar-refractivity contribution is -0.274. The van der Waals surface area contributed by atoms with Gasteiger partial charge in [-0.15, -0.1) is 13.2 Å². The van der Waals surface area contributed by atoms with Crippen LogP contribution in [0.4, 0.5) is 23.8 Å². The molecule has 0 aromatic carbocycles. The highest BCUT2D eigenvalue weighted by Gasteiger charge is 2.51. The van der Waals surface area contributed by atoms with Crippen molar-refractivity contribution in [3.8, 4) is 23.1 Å². The van der Waals surface area contributed by atoms with Crippen molar-refractivity contribution < 1.29 is 22.7 Å². The Labute approximate surface area is 203 Å². The van der Waals surface area contributed by atoms with Gasteiger partial charge in [0.2, 0.25) is 0 Å². The number of nitrogens with one attached hydrogen (secondary N) is 1. The van der Waals surface area contributed by atoms with Gasteiger partial charge in [0.05, 0.1) is 29.1 Å². The molecular formula is C23H21F3N8O2. The number of hydrogen-bond donors (Lipinski definition) is 2. The SMILES string of the molecule is CC(NC(=O)N1CC2(CCn3nc(-c4cnc(N)c(OC(F)(F)F)c4)cc32)C1)c1cc(C#N)ccn1. The predicted octanol–water partition coefficient (Wildman–Crippen LogP) is 3.12. The zero-order valence-electron chi connectivity index (χ0n) is 19.1. The van der Waals surface area contributed by atoms with Crippen molar-refractivity contribution in [2.45, 2.75) is 37.7 Å². The number of urea groups is 1. The van der Waals surface area contributed by atoms with E-state index in [-0.39, 0.29) is 23.3 Å². The first-order valence-corrected chi connectivity index (χ1v) is 11.1. The lowest BCUT2D eigenvalue weighted by Crippen LogP contribution is -2.62. The average Bonchev–Trinajstić information content (AvgIpc) is 3.38. The summed E-state index contributed by atoms with van der Waals surface area (Å²) in [6, 6.07) is 7.64. The van der Waals surface area contributed by atoms with Crippen LogP contribution in [0, 0.1) is 11.3 Å². The molecule has 1 unspecified atom stereocenters. The third-order valence-corrected chi connectivity index (χ3v) is 6.50. The van der Waals surface area contributed by atoms with E-state index in [4.69, 9.17) is 11.0 Å². The van der Waals surface area contributed by atoms with Gasteiger partial charge in [0.1, 0.15) is 0 Å². The molecule has 3 aromatic rings. The molecule has 13 heteroatoms. The third kappa shape index (κ3) is 4.26. The zero-order chi connectivity index (χ0) is 25.7. The number of halogens is 3. The maximum atomic E-state index is 12.8. The largest absolute Gasteiger partial charge is 0.573 e. The maximum Gasteiger partial charge on any atom is 0.573 e. The van der Waals surface area contributed by atoms with Crippen molar-refractivity contribution in [3.05, 3.63) is 53.6 Å². The molecule has 0 saturated carbocycles. The Morgan fingerprint density at radius 1 is 1.31 bits per heavy atom. The second kappa shape index (κ2) is 8.40. The molecule has 2 aliphatic heterocycles. The maximum absolute atomic E-state index is 12.8. The van der Waals surface area contributed by atoms with Crippen LogP contribution in [0.3, 0.4) is 0 Å². The van der Waals surface area contributed by atoms with Crippen LogP contribution in [0.2, 0.25) is 0 Å². The Morgan fingerprint density at radius 3 is 2.81 bits per heavy atom. The normalized spacial score (nSPS) is 16.7. The first-order chi connectivity index (χ1) is 17.1. The predicted molar refractivity (Wildman–Crippen MR) is 120 cm³/mol. The van der Waals surface area contributed by atoms with Crippen molar-refractivity contribution >= 4 is 11.8 Å². The molecule has 10 nitrogen and oxygen atoms in total. The minimum absolute atomic E-state index is 0.243. The standard InChI is InChI=1S/C23H21F3N8O2/c1-13(16-6-14(9-27)2-4-29-16)31-21(35)33-11-22(12-33)3-5-34-19(22)8-17(32-34)15-7-18(20(28)30-10-15)36-23(24,25)26/h2,4,6-8,10,13H,3,5,11-12H2,1H3,(H2,28,30)(H,31,35). The summed E-state index contributed by atoms with van der Waals surface area (Å²) in [6.45, 7) is 3.38. The average molecular weight is 498 g/mol. The van der Waals surface area contributed by atoms with E-state index in [9.17, 15) is 18.0 Å². The van der Waals surface area contributed by atoms with E-state index >= 15 is 0 Å². The van der Waals surface area contributed by atoms with Gasteiger partial charge in [-0.3, -0.25) is 9.67 Å². The summed E-state index contributed by atoms with van der Waals surface area (Å²) < 4.78 is 43.8. The van der Waals surface area contributed by atoms with E-state index in [0.717, 1.165) is 18.2 Å². The van der Waals surface area contributed by atoms with Crippen LogP contribution in [0.1, 0.15) is 36.3 Å². The molecule has 186 valence electrons. The molecule has 1 atom stereocenters. The minimum Gasteiger partial charge on any atom is -0.402 e. The van der Waals surface area contributed by atoms with E-state index in [1.54, 1.807) is 24.0 Å². The van der Waals surface area contributed by atoms with Gasteiger partial charge in [0, 0.05) is 48.7 Å². The van der Waals surface area contributed by atoms with Crippen LogP contribution in [0.5, 0.6) is 5.75 Å². The van der Waals surface area contributed by atoms with E-state index in [0.29, 0.717) is 42.1 Å². The molecule has 0 bridgehead atoms. The number of pyridine rings is 2. The molecule has 1 spiro atoms. The Balaban J connectivity index is 1.28. The summed E-state index contributed by atoms with van der Waals surface area (Å²) in [5.74, 6) is -0.956. The van der Waals surface area contributed by atoms with Crippen molar-refractivity contribution in [1.29, 1.82) is 5.26 Å². The number of amides is 2. The first-order valence-electron chi connectivity index (χ1n) is 11.1. The monoisotopic (exact) mass is 498 g/mol. The molecule has 0 radical (unpaired) electrons. The molecular weight excluding hydrogens is 477 g/mol. The second-order valence-corrected chi connectivity index (χ2v) is 8.93. The molecule has 5 rings (SSSR count). The molecule has 5 heterocycles. The fourth-order valence-corrected chi connectivity index (χ4v) is 4.66. The van der Waals surface area contributed by atoms with Crippen LogP contribution >= 0.6 is 0 Å². The summed E-state index contributed by atoms with van der Waals surface area (Å²) in [5, 5.41) is 16.5. The number of carbonyl (C=O) groups excluding carboxylic acids is 1. The number of nitrogen functional groups attached to an aromatic ring is 1. The number of nitrogens with two attached hydrogens (primary N) is 1. The van der Waals surface area contributed by atoms with Crippen molar-refractivity contribution in [2.75, 3.05) is 18.8 Å². The topological polar surface area (TPSA) is 135 Å². The lowest BCUT2D eigenvalue weighted by Gasteiger charge is -2.47. The van der Waals surface area contributed by atoms with Crippen LogP contribution in [-0.4, -0.2) is 50.1 Å². The van der Waals surface area contributed by atoms with Gasteiger partial charge in [0.25, 0.3) is 0 Å². The highest BCUT2D eigenvalue weighted by atomic mass is 19.4. The number of fused-ring (bicyclic) bond motifs is 2. The number of carbonyl (C=O) groups is 1. The first kappa shape index (κ1) is 23.4. The minimum atomic E-state index is -4.89. The summed E-state index contributed by atoms with van der Waals surface area (Å²) in [4.78, 5) is 22.5. The van der Waals surface area contributed by atoms with Crippen molar-refractivity contribution in [1.82, 2.24) is 30.0 Å². The van der Waals surface area contributed by atoms with Crippen molar-refractivity contribution in [2.24, 2.45) is 0 Å². The number of ether oxygens (including phenoxy) is 1. The van der Waals surface area contributed by atoms with Crippen LogP contribution < -0.4 is 15.8 Å². The number of alkyl halides is 3. The Bertz CT molecular complexity index is 1370. The van der Waals surface area contributed by atoms with Gasteiger partial charge in [-0.2, -0.15) is 10.4 Å². The number of rotatable bonds is 4. The number of anilines is 1. The Morgan fingerprint density at radius 2 is 2.08 bits per heavy atom. The zero-order valence-corrected chi connectivity index (χ0v) is 19.1. The quantitative estimate of drug-likeness (QED) is 0.564. The molecule has 2 amide bonds. The van der Waals surface area contributed by atoms with Gasteiger partial charge in [-0.1, -0.05) is 0 Å². The van der Waals surface area contributed by atoms with E-state index in [2.05, 4.69) is 31.2 Å². The van der Waals surface area contributed by atoms with Gasteiger partial charge >= 0.3 is 12.4 Å². The second-order valence-electron chi connectivity index (χ2n) is 8.93. The number of hydrogen-bond acceptors (Lipinski definition) is 7. The smallest absolute Gasteiger partial charge is 0.402 e. The summed E-state index contributed by atoms with van der Waals surface area (Å²) in [6.07, 6.45) is -1.22. The molecule has 1 fully saturated rings. The van der Waals surface area contributed by atoms with Gasteiger partial charge in [0.15, 0.2) is 11.6 Å². The highest BCUT2D eigenvalue weighted by molar-refractivity contribution is 5.76. The molecule has 1 saturated heterocycles. The summed E-state index contributed by atoms with van der Waals surface area (Å²) in [5.41, 5.74) is 8.00. The fraction of sp³-hybridized carbons (Fsp3) is 0.348. The molecule has 36 heavy (non-hydrogen) atoms. The lowest BCUT2D eigenvalue weighted by atomic mass is 9.76. The fourth-order valence-electron chi connectivity index (χ4n) is 4.66. The summed E-state index contributed by atoms with van der Waals surface area (Å²) >= 11 is 0. The number of aryl methyl sites for hydroxylation is 1. The highest BCUT2D eigenvalue weighted by Crippen LogP contribution is 2.44. The van der Waals surface area contributed by atoms with Gasteiger partial charge < -0.3 is 20.7 Å². The summed E-state index contributed by atoms with van der Waals surface area (Å²) in [7, 11) is 0. The molecule has 0 aliphatic carbocycles. The number of nitrogens with zero attached hydrogens (tertiary/aromatic N) is 6. The number of likely N-dealkylation sites (tertiary alicyclic amines) is 1. The number of aromatic nitrogens is 4.